The third-order valence-corrected chi connectivity index (χ3v) is 4.38. The lowest BCUT2D eigenvalue weighted by Crippen LogP contribution is -2.41. The predicted octanol–water partition coefficient (Wildman–Crippen LogP) is 2.34. The molecule has 0 aliphatic heterocycles. The summed E-state index contributed by atoms with van der Waals surface area (Å²) in [4.78, 5) is 12.6. The van der Waals surface area contributed by atoms with Crippen molar-refractivity contribution in [2.75, 3.05) is 0 Å². The van der Waals surface area contributed by atoms with Crippen LogP contribution in [0.4, 0.5) is 0 Å². The molecule has 0 bridgehead atoms. The van der Waals surface area contributed by atoms with Crippen molar-refractivity contribution in [1.29, 1.82) is 0 Å². The Morgan fingerprint density at radius 2 is 2.21 bits per heavy atom. The van der Waals surface area contributed by atoms with Crippen molar-refractivity contribution in [3.63, 3.8) is 0 Å². The number of benzene rings is 1. The Hall–Kier alpha value is -1.14. The Morgan fingerprint density at radius 3 is 2.84 bits per heavy atom. The molecule has 4 nitrogen and oxygen atoms in total. The summed E-state index contributed by atoms with van der Waals surface area (Å²) in [5, 5.41) is 12.5. The molecule has 0 spiro atoms. The van der Waals surface area contributed by atoms with Gasteiger partial charge in [-0.3, -0.25) is 4.79 Å². The maximum absolute atomic E-state index is 12.1. The Bertz CT molecular complexity index is 521. The number of halogens is 1. The number of phenolic OH excluding ortho intramolecular Hbond substituents is 1. The Labute approximate surface area is 125 Å². The predicted molar refractivity (Wildman–Crippen MR) is 81.2 cm³/mol. The van der Waals surface area contributed by atoms with E-state index in [1.165, 1.54) is 6.07 Å². The highest BCUT2D eigenvalue weighted by Crippen LogP contribution is 2.27. The van der Waals surface area contributed by atoms with E-state index >= 15 is 0 Å². The van der Waals surface area contributed by atoms with Crippen LogP contribution in [0.25, 0.3) is 0 Å². The molecule has 1 aliphatic rings. The van der Waals surface area contributed by atoms with Crippen molar-refractivity contribution in [2.24, 2.45) is 11.7 Å². The SMILES string of the molecule is NC(=S)C1CCCC1NC(=O)c1ccc(Br)c(O)c1. The van der Waals surface area contributed by atoms with Crippen LogP contribution in [0.1, 0.15) is 29.6 Å². The van der Waals surface area contributed by atoms with E-state index in [0.29, 0.717) is 15.0 Å². The lowest BCUT2D eigenvalue weighted by molar-refractivity contribution is 0.0933. The molecule has 2 unspecified atom stereocenters. The van der Waals surface area contributed by atoms with Crippen LogP contribution in [0, 0.1) is 5.92 Å². The first kappa shape index (κ1) is 14.3. The van der Waals surface area contributed by atoms with Crippen molar-refractivity contribution >= 4 is 39.0 Å². The summed E-state index contributed by atoms with van der Waals surface area (Å²) in [6.07, 6.45) is 2.82. The highest BCUT2D eigenvalue weighted by Gasteiger charge is 2.30. The van der Waals surface area contributed by atoms with Gasteiger partial charge in [-0.2, -0.15) is 0 Å². The Morgan fingerprint density at radius 1 is 1.47 bits per heavy atom. The monoisotopic (exact) mass is 342 g/mol. The molecule has 4 N–H and O–H groups in total. The molecule has 102 valence electrons. The number of phenols is 1. The first-order valence-corrected chi connectivity index (χ1v) is 7.28. The number of rotatable bonds is 3. The number of carbonyl (C=O) groups excluding carboxylic acids is 1. The zero-order chi connectivity index (χ0) is 14.0. The highest BCUT2D eigenvalue weighted by molar-refractivity contribution is 9.10. The van der Waals surface area contributed by atoms with Gasteiger partial charge < -0.3 is 16.2 Å². The largest absolute Gasteiger partial charge is 0.507 e. The average molecular weight is 343 g/mol. The summed E-state index contributed by atoms with van der Waals surface area (Å²) >= 11 is 8.20. The molecule has 0 radical (unpaired) electrons. The van der Waals surface area contributed by atoms with E-state index in [0.717, 1.165) is 19.3 Å². The van der Waals surface area contributed by atoms with E-state index < -0.39 is 0 Å². The number of nitrogens with two attached hydrogens (primary N) is 1. The Balaban J connectivity index is 2.08. The maximum Gasteiger partial charge on any atom is 0.251 e. The van der Waals surface area contributed by atoms with Crippen LogP contribution < -0.4 is 11.1 Å². The van der Waals surface area contributed by atoms with Gasteiger partial charge in [0.15, 0.2) is 0 Å². The molecule has 0 heterocycles. The average Bonchev–Trinajstić information content (AvgIpc) is 2.80. The molecule has 0 saturated heterocycles. The molecule has 1 amide bonds. The molecule has 1 aliphatic carbocycles. The van der Waals surface area contributed by atoms with E-state index in [9.17, 15) is 9.90 Å². The zero-order valence-electron chi connectivity index (χ0n) is 10.2. The number of hydrogen-bond acceptors (Lipinski definition) is 3. The van der Waals surface area contributed by atoms with Gasteiger partial charge >= 0.3 is 0 Å². The summed E-state index contributed by atoms with van der Waals surface area (Å²) in [6, 6.07) is 4.73. The smallest absolute Gasteiger partial charge is 0.251 e. The van der Waals surface area contributed by atoms with Crippen LogP contribution in [0.2, 0.25) is 0 Å². The second-order valence-electron chi connectivity index (χ2n) is 4.69. The first-order valence-electron chi connectivity index (χ1n) is 6.07. The molecule has 2 rings (SSSR count). The third-order valence-electron chi connectivity index (χ3n) is 3.41. The lowest BCUT2D eigenvalue weighted by atomic mass is 10.0. The standard InChI is InChI=1S/C13H15BrN2O2S/c14-9-5-4-7(6-11(9)17)13(18)16-10-3-1-2-8(10)12(15)19/h4-6,8,10,17H,1-3H2,(H2,15,19)(H,16,18). The summed E-state index contributed by atoms with van der Waals surface area (Å²) < 4.78 is 0.561. The summed E-state index contributed by atoms with van der Waals surface area (Å²) in [5.41, 5.74) is 6.11. The van der Waals surface area contributed by atoms with Crippen LogP contribution >= 0.6 is 28.1 Å². The van der Waals surface area contributed by atoms with Gasteiger partial charge in [0.25, 0.3) is 5.91 Å². The van der Waals surface area contributed by atoms with Crippen molar-refractivity contribution in [3.8, 4) is 5.75 Å². The molecule has 0 aromatic heterocycles. The van der Waals surface area contributed by atoms with Crippen molar-refractivity contribution in [1.82, 2.24) is 5.32 Å². The van der Waals surface area contributed by atoms with Crippen LogP contribution in [0.15, 0.2) is 22.7 Å². The van der Waals surface area contributed by atoms with Gasteiger partial charge in [-0.25, -0.2) is 0 Å². The molecular formula is C13H15BrN2O2S. The quantitative estimate of drug-likeness (QED) is 0.737. The van der Waals surface area contributed by atoms with E-state index in [2.05, 4.69) is 21.2 Å². The zero-order valence-corrected chi connectivity index (χ0v) is 12.6. The van der Waals surface area contributed by atoms with Crippen molar-refractivity contribution in [3.05, 3.63) is 28.2 Å². The minimum atomic E-state index is -0.212. The van der Waals surface area contributed by atoms with Gasteiger partial charge in [0.1, 0.15) is 5.75 Å². The second kappa shape index (κ2) is 5.88. The molecule has 1 aromatic rings. The highest BCUT2D eigenvalue weighted by atomic mass is 79.9. The van der Waals surface area contributed by atoms with E-state index in [1.54, 1.807) is 12.1 Å². The molecule has 1 aromatic carbocycles. The number of hydrogen-bond donors (Lipinski definition) is 3. The molecular weight excluding hydrogens is 328 g/mol. The normalized spacial score (nSPS) is 22.2. The summed E-state index contributed by atoms with van der Waals surface area (Å²) in [5.74, 6) is -0.0936. The fourth-order valence-corrected chi connectivity index (χ4v) is 2.91. The fourth-order valence-electron chi connectivity index (χ4n) is 2.38. The van der Waals surface area contributed by atoms with Gasteiger partial charge in [-0.05, 0) is 47.0 Å². The minimum absolute atomic E-state index is 0.00390. The molecule has 2 atom stereocenters. The Kier molecular flexibility index (Phi) is 4.42. The minimum Gasteiger partial charge on any atom is -0.507 e. The lowest BCUT2D eigenvalue weighted by Gasteiger charge is -2.20. The van der Waals surface area contributed by atoms with E-state index in [4.69, 9.17) is 18.0 Å². The van der Waals surface area contributed by atoms with Crippen molar-refractivity contribution in [2.45, 2.75) is 25.3 Å². The van der Waals surface area contributed by atoms with Gasteiger partial charge in [0, 0.05) is 17.5 Å². The number of carbonyl (C=O) groups is 1. The topological polar surface area (TPSA) is 75.3 Å². The third kappa shape index (κ3) is 3.25. The van der Waals surface area contributed by atoms with Gasteiger partial charge in [-0.15, -0.1) is 0 Å². The van der Waals surface area contributed by atoms with Gasteiger partial charge in [0.05, 0.1) is 9.46 Å². The number of aromatic hydroxyl groups is 1. The van der Waals surface area contributed by atoms with Crippen molar-refractivity contribution < 1.29 is 9.90 Å². The van der Waals surface area contributed by atoms with Crippen LogP contribution in [0.5, 0.6) is 5.75 Å². The maximum atomic E-state index is 12.1. The molecule has 19 heavy (non-hydrogen) atoms. The molecule has 1 fully saturated rings. The number of nitrogens with one attached hydrogen (secondary N) is 1. The van der Waals surface area contributed by atoms with E-state index in [1.807, 2.05) is 0 Å². The fraction of sp³-hybridized carbons (Fsp3) is 0.385. The van der Waals surface area contributed by atoms with Crippen LogP contribution in [0.3, 0.4) is 0 Å². The van der Waals surface area contributed by atoms with E-state index in [-0.39, 0.29) is 23.6 Å². The summed E-state index contributed by atoms with van der Waals surface area (Å²) in [7, 11) is 0. The van der Waals surface area contributed by atoms with Crippen LogP contribution in [-0.2, 0) is 0 Å². The molecule has 6 heteroatoms. The van der Waals surface area contributed by atoms with Crippen LogP contribution in [-0.4, -0.2) is 22.0 Å². The van der Waals surface area contributed by atoms with Gasteiger partial charge in [-0.1, -0.05) is 18.6 Å². The number of thiocarbonyl (C=S) groups is 1. The summed E-state index contributed by atoms with van der Waals surface area (Å²) in [6.45, 7) is 0. The first-order chi connectivity index (χ1) is 8.99. The van der Waals surface area contributed by atoms with Gasteiger partial charge in [0.2, 0.25) is 0 Å². The number of amides is 1. The second-order valence-corrected chi connectivity index (χ2v) is 6.01. The molecule has 1 saturated carbocycles.